The maximum atomic E-state index is 13.4. The summed E-state index contributed by atoms with van der Waals surface area (Å²) in [6.45, 7) is 6.63. The average molecular weight is 393 g/mol. The number of aromatic amines is 1. The Morgan fingerprint density at radius 2 is 2.00 bits per heavy atom. The minimum absolute atomic E-state index is 0.125. The van der Waals surface area contributed by atoms with Gasteiger partial charge in [0.1, 0.15) is 0 Å². The van der Waals surface area contributed by atoms with Crippen LogP contribution in [0.4, 0.5) is 10.8 Å². The molecule has 3 rings (SSSR count). The SMILES string of the molecule is CC(=O)Nc1nc(C)c(S(=O)(=O)N(c2c[nH]c3ccccc23)C(C)C)s1. The predicted molar refractivity (Wildman–Crippen MR) is 104 cm³/mol. The van der Waals surface area contributed by atoms with Crippen LogP contribution in [0, 0.1) is 6.92 Å². The topological polar surface area (TPSA) is 95.2 Å². The van der Waals surface area contributed by atoms with Gasteiger partial charge in [0.05, 0.1) is 11.4 Å². The second kappa shape index (κ2) is 6.73. The van der Waals surface area contributed by atoms with E-state index < -0.39 is 10.0 Å². The van der Waals surface area contributed by atoms with Crippen LogP contribution in [0.15, 0.2) is 34.7 Å². The third-order valence-corrected chi connectivity index (χ3v) is 7.45. The molecule has 26 heavy (non-hydrogen) atoms. The molecule has 2 heterocycles. The Morgan fingerprint density at radius 1 is 1.31 bits per heavy atom. The maximum Gasteiger partial charge on any atom is 0.276 e. The van der Waals surface area contributed by atoms with Crippen molar-refractivity contribution in [3.63, 3.8) is 0 Å². The van der Waals surface area contributed by atoms with Crippen LogP contribution in [0.2, 0.25) is 0 Å². The number of nitrogens with one attached hydrogen (secondary N) is 2. The highest BCUT2D eigenvalue weighted by atomic mass is 32.2. The van der Waals surface area contributed by atoms with Gasteiger partial charge < -0.3 is 10.3 Å². The van der Waals surface area contributed by atoms with Crippen LogP contribution in [0.25, 0.3) is 10.9 Å². The van der Waals surface area contributed by atoms with E-state index in [0.717, 1.165) is 22.2 Å². The molecule has 0 atom stereocenters. The summed E-state index contributed by atoms with van der Waals surface area (Å²) in [6, 6.07) is 7.25. The first-order chi connectivity index (χ1) is 12.2. The van der Waals surface area contributed by atoms with Gasteiger partial charge in [0.15, 0.2) is 9.34 Å². The number of anilines is 2. The molecule has 0 aliphatic carbocycles. The van der Waals surface area contributed by atoms with Gasteiger partial charge >= 0.3 is 0 Å². The second-order valence-corrected chi connectivity index (χ2v) is 9.20. The summed E-state index contributed by atoms with van der Waals surface area (Å²) in [5.41, 5.74) is 1.82. The van der Waals surface area contributed by atoms with Crippen molar-refractivity contribution in [1.29, 1.82) is 0 Å². The van der Waals surface area contributed by atoms with Gasteiger partial charge in [0.2, 0.25) is 5.91 Å². The fraction of sp³-hybridized carbons (Fsp3) is 0.294. The van der Waals surface area contributed by atoms with E-state index in [-0.39, 0.29) is 21.3 Å². The fourth-order valence-corrected chi connectivity index (χ4v) is 6.05. The molecular formula is C17H20N4O3S2. The first kappa shape index (κ1) is 18.4. The minimum atomic E-state index is -3.84. The second-order valence-electron chi connectivity index (χ2n) is 6.19. The Labute approximate surface area is 156 Å². The van der Waals surface area contributed by atoms with Gasteiger partial charge in [-0.05, 0) is 26.8 Å². The number of nitrogens with zero attached hydrogens (tertiary/aromatic N) is 2. The van der Waals surface area contributed by atoms with E-state index >= 15 is 0 Å². The number of benzene rings is 1. The molecular weight excluding hydrogens is 372 g/mol. The predicted octanol–water partition coefficient (Wildman–Crippen LogP) is 3.49. The summed E-state index contributed by atoms with van der Waals surface area (Å²) in [6.07, 6.45) is 1.70. The summed E-state index contributed by atoms with van der Waals surface area (Å²) in [5, 5.41) is 3.65. The number of hydrogen-bond acceptors (Lipinski definition) is 5. The summed E-state index contributed by atoms with van der Waals surface area (Å²) < 4.78 is 28.3. The largest absolute Gasteiger partial charge is 0.359 e. The van der Waals surface area contributed by atoms with Gasteiger partial charge in [-0.1, -0.05) is 29.5 Å². The number of amides is 1. The van der Waals surface area contributed by atoms with Crippen molar-refractivity contribution in [2.45, 2.75) is 37.9 Å². The highest BCUT2D eigenvalue weighted by molar-refractivity contribution is 7.95. The lowest BCUT2D eigenvalue weighted by Gasteiger charge is -2.27. The Hall–Kier alpha value is -2.39. The summed E-state index contributed by atoms with van der Waals surface area (Å²) in [4.78, 5) is 18.5. The number of rotatable bonds is 5. The number of carbonyl (C=O) groups is 1. The van der Waals surface area contributed by atoms with E-state index in [1.54, 1.807) is 13.1 Å². The third kappa shape index (κ3) is 3.19. The molecule has 9 heteroatoms. The Bertz CT molecular complexity index is 1070. The standard InChI is InChI=1S/C17H20N4O3S2/c1-10(2)21(15-9-18-14-8-6-5-7-13(14)15)26(23,24)16-11(3)19-17(25-16)20-12(4)22/h5-10,18H,1-4H3,(H,19,20,22). The van der Waals surface area contributed by atoms with Crippen LogP contribution in [0.1, 0.15) is 26.5 Å². The monoisotopic (exact) mass is 392 g/mol. The fourth-order valence-electron chi connectivity index (χ4n) is 2.84. The lowest BCUT2D eigenvalue weighted by atomic mass is 10.2. The lowest BCUT2D eigenvalue weighted by molar-refractivity contribution is -0.114. The molecule has 2 N–H and O–H groups in total. The van der Waals surface area contributed by atoms with Crippen LogP contribution in [0.3, 0.4) is 0 Å². The number of aryl methyl sites for hydroxylation is 1. The van der Waals surface area contributed by atoms with Crippen molar-refractivity contribution >= 4 is 49.0 Å². The molecule has 0 unspecified atom stereocenters. The number of para-hydroxylation sites is 1. The van der Waals surface area contributed by atoms with Gasteiger partial charge in [0, 0.05) is 30.1 Å². The Morgan fingerprint density at radius 3 is 2.65 bits per heavy atom. The van der Waals surface area contributed by atoms with Crippen molar-refractivity contribution in [1.82, 2.24) is 9.97 Å². The first-order valence-corrected chi connectivity index (χ1v) is 10.3. The number of carbonyl (C=O) groups excluding carboxylic acids is 1. The quantitative estimate of drug-likeness (QED) is 0.695. The number of sulfonamides is 1. The van der Waals surface area contributed by atoms with Gasteiger partial charge in [-0.2, -0.15) is 0 Å². The molecule has 7 nitrogen and oxygen atoms in total. The Balaban J connectivity index is 2.13. The van der Waals surface area contributed by atoms with E-state index in [0.29, 0.717) is 11.4 Å². The molecule has 0 aliphatic rings. The van der Waals surface area contributed by atoms with Crippen molar-refractivity contribution in [2.75, 3.05) is 9.62 Å². The molecule has 0 fully saturated rings. The van der Waals surface area contributed by atoms with E-state index in [9.17, 15) is 13.2 Å². The van der Waals surface area contributed by atoms with Gasteiger partial charge in [0.25, 0.3) is 10.0 Å². The van der Waals surface area contributed by atoms with Crippen LogP contribution >= 0.6 is 11.3 Å². The van der Waals surface area contributed by atoms with E-state index in [2.05, 4.69) is 15.3 Å². The van der Waals surface area contributed by atoms with E-state index in [1.165, 1.54) is 11.2 Å². The first-order valence-electron chi connectivity index (χ1n) is 8.07. The van der Waals surface area contributed by atoms with Crippen molar-refractivity contribution < 1.29 is 13.2 Å². The smallest absolute Gasteiger partial charge is 0.276 e. The number of hydrogen-bond donors (Lipinski definition) is 2. The van der Waals surface area contributed by atoms with Gasteiger partial charge in [-0.25, -0.2) is 13.4 Å². The summed E-state index contributed by atoms with van der Waals surface area (Å²) >= 11 is 0.960. The number of H-pyrrole nitrogens is 1. The molecule has 1 aromatic carbocycles. The van der Waals surface area contributed by atoms with Gasteiger partial charge in [-0.3, -0.25) is 9.10 Å². The molecule has 138 valence electrons. The molecule has 0 aliphatic heterocycles. The zero-order valence-corrected chi connectivity index (χ0v) is 16.5. The summed E-state index contributed by atoms with van der Waals surface area (Å²) in [7, 11) is -3.84. The Kier molecular flexibility index (Phi) is 4.76. The zero-order valence-electron chi connectivity index (χ0n) is 14.9. The molecule has 0 spiro atoms. The summed E-state index contributed by atoms with van der Waals surface area (Å²) in [5.74, 6) is -0.292. The minimum Gasteiger partial charge on any atom is -0.359 e. The maximum absolute atomic E-state index is 13.4. The van der Waals surface area contributed by atoms with Crippen molar-refractivity contribution in [2.24, 2.45) is 0 Å². The molecule has 0 radical (unpaired) electrons. The molecule has 2 aromatic heterocycles. The molecule has 1 amide bonds. The highest BCUT2D eigenvalue weighted by Crippen LogP contribution is 2.36. The molecule has 0 bridgehead atoms. The number of fused-ring (bicyclic) bond motifs is 1. The highest BCUT2D eigenvalue weighted by Gasteiger charge is 2.33. The van der Waals surface area contributed by atoms with E-state index in [1.807, 2.05) is 38.1 Å². The van der Waals surface area contributed by atoms with E-state index in [4.69, 9.17) is 0 Å². The zero-order chi connectivity index (χ0) is 19.1. The van der Waals surface area contributed by atoms with Gasteiger partial charge in [-0.15, -0.1) is 0 Å². The van der Waals surface area contributed by atoms with Crippen molar-refractivity contribution in [3.8, 4) is 0 Å². The lowest BCUT2D eigenvalue weighted by Crippen LogP contribution is -2.36. The molecule has 3 aromatic rings. The number of thiazole rings is 1. The third-order valence-electron chi connectivity index (χ3n) is 3.80. The number of aromatic nitrogens is 2. The van der Waals surface area contributed by atoms with Crippen LogP contribution in [-0.2, 0) is 14.8 Å². The molecule has 0 saturated carbocycles. The normalized spacial score (nSPS) is 11.9. The van der Waals surface area contributed by atoms with Crippen LogP contribution in [-0.4, -0.2) is 30.3 Å². The average Bonchev–Trinajstić information content (AvgIpc) is 3.11. The van der Waals surface area contributed by atoms with Crippen molar-refractivity contribution in [3.05, 3.63) is 36.2 Å². The molecule has 0 saturated heterocycles. The van der Waals surface area contributed by atoms with Crippen LogP contribution < -0.4 is 9.62 Å². The van der Waals surface area contributed by atoms with Crippen LogP contribution in [0.5, 0.6) is 0 Å².